The molecule has 4 heteroatoms. The number of Topliss-reactive ketones (excluding diaryl/α,β-unsaturated/α-hetero) is 1. The third-order valence-electron chi connectivity index (χ3n) is 4.85. The number of benzene rings is 2. The fourth-order valence-corrected chi connectivity index (χ4v) is 3.35. The number of hydrogen-bond donors (Lipinski definition) is 1. The molecule has 1 N–H and O–H groups in total. The van der Waals surface area contributed by atoms with E-state index in [1.807, 2.05) is 61.2 Å². The molecule has 2 aromatic rings. The Labute approximate surface area is 135 Å². The molecule has 23 heavy (non-hydrogen) atoms. The second-order valence-corrected chi connectivity index (χ2v) is 6.32. The number of carbonyl (C=O) groups excluding carboxylic acids is 1. The predicted molar refractivity (Wildman–Crippen MR) is 90.7 cm³/mol. The Morgan fingerprint density at radius 3 is 2.57 bits per heavy atom. The van der Waals surface area contributed by atoms with Gasteiger partial charge in [0.25, 0.3) is 0 Å². The van der Waals surface area contributed by atoms with E-state index in [1.54, 1.807) is 0 Å². The van der Waals surface area contributed by atoms with Crippen molar-refractivity contribution in [3.8, 4) is 0 Å². The van der Waals surface area contributed by atoms with E-state index in [-0.39, 0.29) is 5.78 Å². The van der Waals surface area contributed by atoms with Crippen LogP contribution in [0.5, 0.6) is 0 Å². The summed E-state index contributed by atoms with van der Waals surface area (Å²) in [6, 6.07) is 13.5. The molecule has 0 spiro atoms. The zero-order chi connectivity index (χ0) is 16.2. The molecule has 2 aromatic carbocycles. The van der Waals surface area contributed by atoms with Gasteiger partial charge in [-0.2, -0.15) is 0 Å². The van der Waals surface area contributed by atoms with Crippen LogP contribution in [0.1, 0.15) is 27.9 Å². The van der Waals surface area contributed by atoms with Crippen LogP contribution in [0.15, 0.2) is 47.5 Å². The van der Waals surface area contributed by atoms with Gasteiger partial charge < -0.3 is 10.0 Å². The molecule has 1 saturated heterocycles. The number of para-hydroxylation sites is 1. The van der Waals surface area contributed by atoms with Crippen LogP contribution in [-0.4, -0.2) is 28.9 Å². The Hall–Kier alpha value is -2.46. The van der Waals surface area contributed by atoms with Crippen molar-refractivity contribution in [3.63, 3.8) is 0 Å². The van der Waals surface area contributed by atoms with Gasteiger partial charge in [-0.3, -0.25) is 4.79 Å². The lowest BCUT2D eigenvalue weighted by Gasteiger charge is -2.30. The second kappa shape index (κ2) is 4.77. The van der Waals surface area contributed by atoms with E-state index < -0.39 is 5.60 Å². The highest BCUT2D eigenvalue weighted by Gasteiger charge is 2.52. The number of amidine groups is 1. The minimum atomic E-state index is -1.51. The van der Waals surface area contributed by atoms with Crippen LogP contribution in [0.3, 0.4) is 0 Å². The fraction of sp³-hybridized carbons (Fsp3) is 0.263. The summed E-state index contributed by atoms with van der Waals surface area (Å²) in [5, 5.41) is 11.0. The normalized spacial score (nSPS) is 22.7. The maximum absolute atomic E-state index is 12.9. The Balaban J connectivity index is 1.90. The number of ketones is 1. The van der Waals surface area contributed by atoms with E-state index in [2.05, 4.69) is 4.99 Å². The molecule has 0 amide bonds. The summed E-state index contributed by atoms with van der Waals surface area (Å²) >= 11 is 0. The topological polar surface area (TPSA) is 52.9 Å². The highest BCUT2D eigenvalue weighted by atomic mass is 16.3. The molecule has 0 aliphatic carbocycles. The maximum atomic E-state index is 12.9. The first-order valence-electron chi connectivity index (χ1n) is 7.81. The number of aliphatic hydroxyl groups is 1. The van der Waals surface area contributed by atoms with Crippen molar-refractivity contribution < 1.29 is 9.90 Å². The number of aliphatic imine (C=N–C) groups is 1. The summed E-state index contributed by atoms with van der Waals surface area (Å²) in [6.45, 7) is 4.55. The van der Waals surface area contributed by atoms with Crippen LogP contribution in [0.25, 0.3) is 0 Å². The quantitative estimate of drug-likeness (QED) is 0.880. The lowest BCUT2D eigenvalue weighted by atomic mass is 9.86. The summed E-state index contributed by atoms with van der Waals surface area (Å²) in [5.74, 6) is 0.212. The van der Waals surface area contributed by atoms with E-state index in [1.165, 1.54) is 0 Å². The SMILES string of the molecule is Cc1cc2c(cc1C)C(=O)C1(O)CCN(c3ccccc3)C1=N2. The summed E-state index contributed by atoms with van der Waals surface area (Å²) in [7, 11) is 0. The Morgan fingerprint density at radius 2 is 1.83 bits per heavy atom. The Bertz CT molecular complexity index is 842. The molecule has 1 unspecified atom stereocenters. The standard InChI is InChI=1S/C19H18N2O2/c1-12-10-15-16(11-13(12)2)20-18-19(23,17(15)22)8-9-21(18)14-6-4-3-5-7-14/h3-7,10-11,23H,8-9H2,1-2H3. The molecule has 2 heterocycles. The number of rotatable bonds is 1. The first kappa shape index (κ1) is 14.2. The van der Waals surface area contributed by atoms with Gasteiger partial charge in [-0.1, -0.05) is 18.2 Å². The van der Waals surface area contributed by atoms with Gasteiger partial charge in [0.1, 0.15) is 5.84 Å². The average Bonchev–Trinajstić information content (AvgIpc) is 2.89. The molecule has 0 aromatic heterocycles. The second-order valence-electron chi connectivity index (χ2n) is 6.32. The molecular formula is C19H18N2O2. The number of carbonyl (C=O) groups is 1. The molecule has 4 nitrogen and oxygen atoms in total. The van der Waals surface area contributed by atoms with Crippen molar-refractivity contribution in [3.05, 3.63) is 59.2 Å². The smallest absolute Gasteiger partial charge is 0.204 e. The van der Waals surface area contributed by atoms with Gasteiger partial charge in [-0.15, -0.1) is 0 Å². The third-order valence-corrected chi connectivity index (χ3v) is 4.85. The van der Waals surface area contributed by atoms with Gasteiger partial charge >= 0.3 is 0 Å². The summed E-state index contributed by atoms with van der Waals surface area (Å²) in [4.78, 5) is 19.5. The van der Waals surface area contributed by atoms with Crippen molar-refractivity contribution in [1.29, 1.82) is 0 Å². The van der Waals surface area contributed by atoms with Gasteiger partial charge in [-0.25, -0.2) is 4.99 Å². The molecule has 0 saturated carbocycles. The largest absolute Gasteiger partial charge is 0.374 e. The zero-order valence-corrected chi connectivity index (χ0v) is 13.2. The van der Waals surface area contributed by atoms with E-state index in [0.717, 1.165) is 16.8 Å². The highest BCUT2D eigenvalue weighted by molar-refractivity contribution is 6.28. The van der Waals surface area contributed by atoms with Gasteiger partial charge in [0.15, 0.2) is 5.60 Å². The van der Waals surface area contributed by atoms with Gasteiger partial charge in [0.05, 0.1) is 5.69 Å². The lowest BCUT2D eigenvalue weighted by molar-refractivity contribution is 0.0602. The monoisotopic (exact) mass is 306 g/mol. The predicted octanol–water partition coefficient (Wildman–Crippen LogP) is 3.17. The fourth-order valence-electron chi connectivity index (χ4n) is 3.35. The van der Waals surface area contributed by atoms with Crippen LogP contribution >= 0.6 is 0 Å². The van der Waals surface area contributed by atoms with Crippen LogP contribution in [0.2, 0.25) is 0 Å². The van der Waals surface area contributed by atoms with Gasteiger partial charge in [0, 0.05) is 24.2 Å². The highest BCUT2D eigenvalue weighted by Crippen LogP contribution is 2.40. The third kappa shape index (κ3) is 1.95. The van der Waals surface area contributed by atoms with Crippen LogP contribution in [0.4, 0.5) is 11.4 Å². The molecule has 2 aliphatic rings. The van der Waals surface area contributed by atoms with E-state index in [9.17, 15) is 9.90 Å². The minimum Gasteiger partial charge on any atom is -0.374 e. The minimum absolute atomic E-state index is 0.237. The molecule has 116 valence electrons. The van der Waals surface area contributed by atoms with Crippen molar-refractivity contribution in [2.75, 3.05) is 11.4 Å². The van der Waals surface area contributed by atoms with Crippen LogP contribution in [0, 0.1) is 13.8 Å². The Kier molecular flexibility index (Phi) is 2.93. The maximum Gasteiger partial charge on any atom is 0.204 e. The zero-order valence-electron chi connectivity index (χ0n) is 13.2. The first-order chi connectivity index (χ1) is 11.0. The van der Waals surface area contributed by atoms with Crippen molar-refractivity contribution >= 4 is 23.0 Å². The van der Waals surface area contributed by atoms with E-state index in [4.69, 9.17) is 0 Å². The summed E-state index contributed by atoms with van der Waals surface area (Å²) in [6.07, 6.45) is 0.367. The Morgan fingerprint density at radius 1 is 1.13 bits per heavy atom. The molecule has 0 bridgehead atoms. The van der Waals surface area contributed by atoms with E-state index in [0.29, 0.717) is 30.1 Å². The van der Waals surface area contributed by atoms with Crippen LogP contribution < -0.4 is 4.90 Å². The summed E-state index contributed by atoms with van der Waals surface area (Å²) in [5.41, 5.74) is 2.75. The van der Waals surface area contributed by atoms with Gasteiger partial charge in [-0.05, 0) is 49.2 Å². The van der Waals surface area contributed by atoms with Crippen molar-refractivity contribution in [2.45, 2.75) is 25.9 Å². The molecule has 1 atom stereocenters. The molecule has 4 rings (SSSR count). The average molecular weight is 306 g/mol. The first-order valence-corrected chi connectivity index (χ1v) is 7.81. The van der Waals surface area contributed by atoms with Crippen LogP contribution in [-0.2, 0) is 0 Å². The lowest BCUT2D eigenvalue weighted by Crippen LogP contribution is -2.48. The molecule has 0 radical (unpaired) electrons. The van der Waals surface area contributed by atoms with Gasteiger partial charge in [0.2, 0.25) is 5.78 Å². The molecule has 1 fully saturated rings. The number of nitrogens with zero attached hydrogens (tertiary/aromatic N) is 2. The van der Waals surface area contributed by atoms with Crippen molar-refractivity contribution in [2.24, 2.45) is 4.99 Å². The number of hydrogen-bond acceptors (Lipinski definition) is 4. The molecular weight excluding hydrogens is 288 g/mol. The number of anilines is 1. The molecule has 2 aliphatic heterocycles. The van der Waals surface area contributed by atoms with Crippen molar-refractivity contribution in [1.82, 2.24) is 0 Å². The summed E-state index contributed by atoms with van der Waals surface area (Å²) < 4.78 is 0. The number of aryl methyl sites for hydroxylation is 2. The number of fused-ring (bicyclic) bond motifs is 2. The van der Waals surface area contributed by atoms with E-state index >= 15 is 0 Å².